The zero-order valence-corrected chi connectivity index (χ0v) is 25.6. The zero-order valence-electron chi connectivity index (χ0n) is 25.6. The topological polar surface area (TPSA) is 117 Å². The number of para-hydroxylation sites is 2. The number of benzene rings is 4. The highest BCUT2D eigenvalue weighted by Crippen LogP contribution is 2.28. The van der Waals surface area contributed by atoms with Crippen molar-refractivity contribution < 1.29 is 23.8 Å². The number of ketones is 1. The Hall–Kier alpha value is -5.96. The fourth-order valence-corrected chi connectivity index (χ4v) is 5.04. The summed E-state index contributed by atoms with van der Waals surface area (Å²) in [4.78, 5) is 25.1. The molecule has 0 radical (unpaired) electrons. The second-order valence-corrected chi connectivity index (χ2v) is 10.9. The van der Waals surface area contributed by atoms with Crippen LogP contribution in [0.15, 0.2) is 125 Å². The number of ether oxygens (including phenoxy) is 2. The van der Waals surface area contributed by atoms with E-state index < -0.39 is 0 Å². The first-order valence-electron chi connectivity index (χ1n) is 15.4. The molecule has 0 atom stereocenters. The maximum absolute atomic E-state index is 12.8. The van der Waals surface area contributed by atoms with Gasteiger partial charge in [-0.15, -0.1) is 5.10 Å². The lowest BCUT2D eigenvalue weighted by Crippen LogP contribution is -2.09. The lowest BCUT2D eigenvalue weighted by molar-refractivity contribution is 0.104. The van der Waals surface area contributed by atoms with Crippen LogP contribution in [0.1, 0.15) is 34.5 Å². The average molecular weight is 628 g/mol. The first kappa shape index (κ1) is 31.0. The molecule has 0 aliphatic carbocycles. The monoisotopic (exact) mass is 627 g/mol. The molecule has 2 heterocycles. The Morgan fingerprint density at radius 2 is 1.68 bits per heavy atom. The molecule has 0 spiro atoms. The molecular formula is C38H33N3O6. The minimum absolute atomic E-state index is 0.0330. The lowest BCUT2D eigenvalue weighted by Gasteiger charge is -2.09. The number of allylic oxidation sites excluding steroid dienone is 1. The van der Waals surface area contributed by atoms with Crippen molar-refractivity contribution >= 4 is 22.8 Å². The van der Waals surface area contributed by atoms with Crippen molar-refractivity contribution in [3.05, 3.63) is 142 Å². The molecule has 4 aromatic carbocycles. The van der Waals surface area contributed by atoms with Gasteiger partial charge in [-0.2, -0.15) is 0 Å². The van der Waals surface area contributed by atoms with Crippen LogP contribution in [0.3, 0.4) is 0 Å². The Morgan fingerprint density at radius 1 is 0.872 bits per heavy atom. The summed E-state index contributed by atoms with van der Waals surface area (Å²) in [5.41, 5.74) is 3.14. The predicted molar refractivity (Wildman–Crippen MR) is 180 cm³/mol. The standard InChI is InChI=1S/C38H33N3O6/c42-33-14-5-4-12-31(33)34(43)21-18-27-16-19-30(20-17-27)45-23-7-6-11-29-26-41(40-39-29)22-24-46-36-15-8-13-32-35(44)25-37(47-38(32)36)28-9-2-1-3-10-28/h1-5,8-10,12-21,25-26,42H,6-7,11,22-24H2/b21-18+. The van der Waals surface area contributed by atoms with E-state index in [-0.39, 0.29) is 22.5 Å². The van der Waals surface area contributed by atoms with Crippen LogP contribution in [-0.2, 0) is 13.0 Å². The zero-order chi connectivity index (χ0) is 32.4. The fraction of sp³-hybridized carbons (Fsp3) is 0.158. The summed E-state index contributed by atoms with van der Waals surface area (Å²) in [5, 5.41) is 18.8. The van der Waals surface area contributed by atoms with Crippen LogP contribution in [-0.4, -0.2) is 39.1 Å². The summed E-state index contributed by atoms with van der Waals surface area (Å²) >= 11 is 0. The van der Waals surface area contributed by atoms with E-state index >= 15 is 0 Å². The van der Waals surface area contributed by atoms with Crippen molar-refractivity contribution in [2.45, 2.75) is 25.8 Å². The minimum Gasteiger partial charge on any atom is -0.507 e. The number of phenolic OH excluding ortho intramolecular Hbond substituents is 1. The third-order valence-corrected chi connectivity index (χ3v) is 7.51. The molecule has 9 heteroatoms. The number of aromatic hydroxyl groups is 1. The number of hydrogen-bond donors (Lipinski definition) is 1. The predicted octanol–water partition coefficient (Wildman–Crippen LogP) is 7.13. The van der Waals surface area contributed by atoms with Crippen molar-refractivity contribution in [2.24, 2.45) is 0 Å². The molecule has 6 rings (SSSR count). The van der Waals surface area contributed by atoms with Gasteiger partial charge >= 0.3 is 0 Å². The molecule has 0 saturated heterocycles. The molecule has 47 heavy (non-hydrogen) atoms. The maximum atomic E-state index is 12.8. The number of phenols is 1. The number of nitrogens with zero attached hydrogens (tertiary/aromatic N) is 3. The van der Waals surface area contributed by atoms with E-state index in [0.29, 0.717) is 42.2 Å². The Balaban J connectivity index is 0.931. The largest absolute Gasteiger partial charge is 0.507 e. The van der Waals surface area contributed by atoms with Gasteiger partial charge in [-0.25, -0.2) is 4.68 Å². The summed E-state index contributed by atoms with van der Waals surface area (Å²) < 4.78 is 19.7. The van der Waals surface area contributed by atoms with Gasteiger partial charge in [0.1, 0.15) is 23.9 Å². The number of rotatable bonds is 14. The van der Waals surface area contributed by atoms with Crippen LogP contribution in [0.5, 0.6) is 17.2 Å². The first-order chi connectivity index (χ1) is 23.0. The molecule has 0 fully saturated rings. The molecule has 0 aliphatic rings. The van der Waals surface area contributed by atoms with E-state index in [9.17, 15) is 14.7 Å². The van der Waals surface area contributed by atoms with Crippen LogP contribution < -0.4 is 14.9 Å². The first-order valence-corrected chi connectivity index (χ1v) is 15.4. The number of aromatic nitrogens is 3. The Morgan fingerprint density at radius 3 is 2.51 bits per heavy atom. The van der Waals surface area contributed by atoms with E-state index in [4.69, 9.17) is 13.9 Å². The SMILES string of the molecule is O=C(/C=C/c1ccc(OCCCCc2cn(CCOc3cccc4c(=O)cc(-c5ccccc5)oc34)nn2)cc1)c1ccccc1O. The summed E-state index contributed by atoms with van der Waals surface area (Å²) in [6.45, 7) is 1.38. The molecular weight excluding hydrogens is 594 g/mol. The van der Waals surface area contributed by atoms with Crippen LogP contribution >= 0.6 is 0 Å². The van der Waals surface area contributed by atoms with Crippen LogP contribution in [0.2, 0.25) is 0 Å². The van der Waals surface area contributed by atoms with Gasteiger partial charge in [-0.3, -0.25) is 9.59 Å². The summed E-state index contributed by atoms with van der Waals surface area (Å²) in [6, 6.07) is 30.3. The van der Waals surface area contributed by atoms with E-state index in [1.165, 1.54) is 18.2 Å². The van der Waals surface area contributed by atoms with Gasteiger partial charge in [-0.1, -0.05) is 72.0 Å². The number of unbranched alkanes of at least 4 members (excludes halogenated alkanes) is 1. The van der Waals surface area contributed by atoms with Gasteiger partial charge < -0.3 is 19.0 Å². The lowest BCUT2D eigenvalue weighted by atomic mass is 10.1. The summed E-state index contributed by atoms with van der Waals surface area (Å²) in [7, 11) is 0. The van der Waals surface area contributed by atoms with E-state index in [0.717, 1.165) is 41.8 Å². The third kappa shape index (κ3) is 8.01. The van der Waals surface area contributed by atoms with Gasteiger partial charge in [0.15, 0.2) is 22.5 Å². The molecule has 236 valence electrons. The Kier molecular flexibility index (Phi) is 9.83. The number of fused-ring (bicyclic) bond motifs is 1. The van der Waals surface area contributed by atoms with Gasteiger partial charge in [0.25, 0.3) is 0 Å². The molecule has 0 saturated carbocycles. The Labute approximate surface area is 271 Å². The van der Waals surface area contributed by atoms with Crippen LogP contribution in [0.25, 0.3) is 28.4 Å². The van der Waals surface area contributed by atoms with Crippen molar-refractivity contribution in [1.29, 1.82) is 0 Å². The highest BCUT2D eigenvalue weighted by molar-refractivity contribution is 6.08. The molecule has 6 aromatic rings. The summed E-state index contributed by atoms with van der Waals surface area (Å²) in [6.07, 6.45) is 7.59. The number of aryl methyl sites for hydroxylation is 1. The minimum atomic E-state index is -0.258. The average Bonchev–Trinajstić information content (AvgIpc) is 3.56. The van der Waals surface area contributed by atoms with Gasteiger partial charge in [0, 0.05) is 17.8 Å². The van der Waals surface area contributed by atoms with Crippen molar-refractivity contribution in [3.8, 4) is 28.6 Å². The van der Waals surface area contributed by atoms with Gasteiger partial charge in [0.2, 0.25) is 0 Å². The van der Waals surface area contributed by atoms with E-state index in [1.54, 1.807) is 47.2 Å². The molecule has 0 amide bonds. The fourth-order valence-electron chi connectivity index (χ4n) is 5.04. The van der Waals surface area contributed by atoms with Gasteiger partial charge in [-0.05, 0) is 67.3 Å². The normalized spacial score (nSPS) is 11.2. The summed E-state index contributed by atoms with van der Waals surface area (Å²) in [5.74, 6) is 1.46. The second kappa shape index (κ2) is 14.9. The maximum Gasteiger partial charge on any atom is 0.193 e. The van der Waals surface area contributed by atoms with Crippen molar-refractivity contribution in [1.82, 2.24) is 15.0 Å². The smallest absolute Gasteiger partial charge is 0.193 e. The highest BCUT2D eigenvalue weighted by atomic mass is 16.5. The van der Waals surface area contributed by atoms with Crippen LogP contribution in [0, 0.1) is 0 Å². The molecule has 0 bridgehead atoms. The van der Waals surface area contributed by atoms with Gasteiger partial charge in [0.05, 0.1) is 29.8 Å². The number of carbonyl (C=O) groups is 1. The van der Waals surface area contributed by atoms with Crippen molar-refractivity contribution in [3.63, 3.8) is 0 Å². The molecule has 9 nitrogen and oxygen atoms in total. The second-order valence-electron chi connectivity index (χ2n) is 10.9. The van der Waals surface area contributed by atoms with E-state index in [1.807, 2.05) is 60.8 Å². The molecule has 0 aliphatic heterocycles. The highest BCUT2D eigenvalue weighted by Gasteiger charge is 2.12. The molecule has 2 aromatic heterocycles. The van der Waals surface area contributed by atoms with E-state index in [2.05, 4.69) is 10.3 Å². The molecule has 1 N–H and O–H groups in total. The quantitative estimate of drug-likeness (QED) is 0.0770. The van der Waals surface area contributed by atoms with Crippen molar-refractivity contribution in [2.75, 3.05) is 13.2 Å². The third-order valence-electron chi connectivity index (χ3n) is 7.51. The number of carbonyl (C=O) groups excluding carboxylic acids is 1. The number of hydrogen-bond acceptors (Lipinski definition) is 8. The Bertz CT molecular complexity index is 2050. The molecule has 0 unspecified atom stereocenters. The van der Waals surface area contributed by atoms with Crippen LogP contribution in [0.4, 0.5) is 0 Å².